The first-order valence-electron chi connectivity index (χ1n) is 13.4. The number of amides is 1. The number of carbonyl (C=O) groups excluding carboxylic acids is 1. The van der Waals surface area contributed by atoms with E-state index < -0.39 is 22.9 Å². The van der Waals surface area contributed by atoms with Gasteiger partial charge in [-0.3, -0.25) is 14.5 Å². The van der Waals surface area contributed by atoms with Gasteiger partial charge in [0.15, 0.2) is 0 Å². The number of hydrogen-bond donors (Lipinski definition) is 1. The van der Waals surface area contributed by atoms with Crippen LogP contribution in [-0.2, 0) is 28.8 Å². The van der Waals surface area contributed by atoms with Crippen LogP contribution >= 0.6 is 11.3 Å². The molecule has 38 heavy (non-hydrogen) atoms. The highest BCUT2D eigenvalue weighted by Crippen LogP contribution is 2.45. The summed E-state index contributed by atoms with van der Waals surface area (Å²) in [5, 5.41) is 9.30. The highest BCUT2D eigenvalue weighted by Gasteiger charge is 2.38. The molecule has 1 aliphatic carbocycles. The van der Waals surface area contributed by atoms with Crippen molar-refractivity contribution in [3.63, 3.8) is 0 Å². The molecule has 0 radical (unpaired) electrons. The van der Waals surface area contributed by atoms with E-state index in [1.165, 1.54) is 0 Å². The van der Waals surface area contributed by atoms with E-state index in [9.17, 15) is 27.9 Å². The molecule has 1 atom stereocenters. The molecule has 3 aliphatic rings. The molecule has 1 aromatic carbocycles. The second-order valence-electron chi connectivity index (χ2n) is 10.6. The van der Waals surface area contributed by atoms with Gasteiger partial charge in [-0.15, -0.1) is 11.3 Å². The topological polar surface area (TPSA) is 70.1 Å². The number of alkyl halides is 3. The molecule has 1 amide bonds. The van der Waals surface area contributed by atoms with E-state index in [-0.39, 0.29) is 25.0 Å². The smallest absolute Gasteiger partial charge is 0.425 e. The first-order chi connectivity index (χ1) is 18.2. The number of ether oxygens (including phenoxy) is 1. The number of thiophene rings is 1. The van der Waals surface area contributed by atoms with Crippen molar-refractivity contribution < 1.29 is 32.6 Å². The highest BCUT2D eigenvalue weighted by molar-refractivity contribution is 7.12. The van der Waals surface area contributed by atoms with Crippen LogP contribution in [0, 0.1) is 5.92 Å². The average molecular weight is 551 g/mol. The lowest BCUT2D eigenvalue weighted by molar-refractivity contribution is -0.144. The van der Waals surface area contributed by atoms with E-state index >= 15 is 0 Å². The summed E-state index contributed by atoms with van der Waals surface area (Å²) in [7, 11) is 0. The van der Waals surface area contributed by atoms with E-state index in [4.69, 9.17) is 4.74 Å². The van der Waals surface area contributed by atoms with Crippen molar-refractivity contribution in [2.75, 3.05) is 31.1 Å². The lowest BCUT2D eigenvalue weighted by Crippen LogP contribution is -2.45. The summed E-state index contributed by atoms with van der Waals surface area (Å²) >= 11 is 0.783. The van der Waals surface area contributed by atoms with Crippen molar-refractivity contribution in [3.05, 3.63) is 45.1 Å². The second kappa shape index (κ2) is 11.3. The Kier molecular flexibility index (Phi) is 8.00. The van der Waals surface area contributed by atoms with Crippen LogP contribution < -0.4 is 9.64 Å². The predicted octanol–water partition coefficient (Wildman–Crippen LogP) is 6.08. The monoisotopic (exact) mass is 550 g/mol. The number of halogens is 3. The molecule has 5 rings (SSSR count). The number of fused-ring (bicyclic) bond motifs is 1. The molecule has 1 saturated heterocycles. The molecular weight excluding hydrogens is 517 g/mol. The summed E-state index contributed by atoms with van der Waals surface area (Å²) in [4.78, 5) is 28.1. The molecule has 1 saturated carbocycles. The van der Waals surface area contributed by atoms with Gasteiger partial charge < -0.3 is 14.7 Å². The molecule has 10 heteroatoms. The molecule has 0 unspecified atom stereocenters. The molecule has 6 nitrogen and oxygen atoms in total. The molecule has 0 bridgehead atoms. The Hall–Kier alpha value is -2.59. The third-order valence-corrected chi connectivity index (χ3v) is 9.13. The van der Waals surface area contributed by atoms with Crippen LogP contribution in [0.25, 0.3) is 0 Å². The molecular formula is C28H33F3N2O4S. The minimum atomic E-state index is -4.36. The van der Waals surface area contributed by atoms with Gasteiger partial charge >= 0.3 is 12.1 Å². The number of carboxylic acid groups (broad SMARTS) is 1. The summed E-state index contributed by atoms with van der Waals surface area (Å²) < 4.78 is 47.1. The third-order valence-electron chi connectivity index (χ3n) is 7.96. The molecule has 0 spiro atoms. The van der Waals surface area contributed by atoms with Crippen LogP contribution in [0.4, 0.5) is 18.9 Å². The number of carboxylic acids is 1. The lowest BCUT2D eigenvalue weighted by atomic mass is 9.84. The molecule has 3 heterocycles. The molecule has 1 N–H and O–H groups in total. The standard InChI is InChI=1S/C28H33F3N2O4S/c29-28(30,31)26-23(18-5-2-1-3-6-18)14-22(38-26)17-37-21-8-9-24-19(13-21)10-12-33(24)25(34)16-32-11-4-7-20(15-32)27(35)36/h8-9,13-14,18,20H,1-7,10-12,15-17H2,(H,35,36)/t20-/m1/s1. The zero-order valence-corrected chi connectivity index (χ0v) is 22.1. The van der Waals surface area contributed by atoms with Gasteiger partial charge in [0.2, 0.25) is 5.91 Å². The Bertz CT molecular complexity index is 1180. The number of piperidine rings is 1. The summed E-state index contributed by atoms with van der Waals surface area (Å²) in [6.07, 6.45) is 2.34. The third kappa shape index (κ3) is 6.01. The van der Waals surface area contributed by atoms with Crippen molar-refractivity contribution in [1.29, 1.82) is 0 Å². The van der Waals surface area contributed by atoms with Gasteiger partial charge in [0.1, 0.15) is 17.2 Å². The van der Waals surface area contributed by atoms with E-state index in [0.717, 1.165) is 61.1 Å². The van der Waals surface area contributed by atoms with Gasteiger partial charge in [0.05, 0.1) is 12.5 Å². The normalized spacial score (nSPS) is 20.9. The largest absolute Gasteiger partial charge is 0.488 e. The molecule has 2 fully saturated rings. The van der Waals surface area contributed by atoms with E-state index in [1.807, 2.05) is 17.0 Å². The summed E-state index contributed by atoms with van der Waals surface area (Å²) in [6, 6.07) is 7.14. The Morgan fingerprint density at radius 1 is 1.05 bits per heavy atom. The number of carbonyl (C=O) groups is 2. The van der Waals surface area contributed by atoms with Crippen LogP contribution in [-0.4, -0.2) is 48.1 Å². The maximum Gasteiger partial charge on any atom is 0.425 e. The van der Waals surface area contributed by atoms with Gasteiger partial charge in [-0.2, -0.15) is 13.2 Å². The van der Waals surface area contributed by atoms with Crippen molar-refractivity contribution in [1.82, 2.24) is 4.90 Å². The van der Waals surface area contributed by atoms with Gasteiger partial charge in [0, 0.05) is 23.7 Å². The number of hydrogen-bond acceptors (Lipinski definition) is 5. The first kappa shape index (κ1) is 27.0. The Balaban J connectivity index is 1.22. The highest BCUT2D eigenvalue weighted by atomic mass is 32.1. The van der Waals surface area contributed by atoms with Crippen molar-refractivity contribution in [3.8, 4) is 5.75 Å². The number of aliphatic carboxylic acids is 1. The maximum atomic E-state index is 13.7. The fraction of sp³-hybridized carbons (Fsp3) is 0.571. The Morgan fingerprint density at radius 2 is 1.84 bits per heavy atom. The van der Waals surface area contributed by atoms with Crippen LogP contribution in [0.15, 0.2) is 24.3 Å². The molecule has 2 aromatic rings. The number of likely N-dealkylation sites (tertiary alicyclic amines) is 1. The first-order valence-corrected chi connectivity index (χ1v) is 14.2. The Morgan fingerprint density at radius 3 is 2.58 bits per heavy atom. The lowest BCUT2D eigenvalue weighted by Gasteiger charge is -2.31. The van der Waals surface area contributed by atoms with Crippen molar-refractivity contribution in [2.24, 2.45) is 5.92 Å². The summed E-state index contributed by atoms with van der Waals surface area (Å²) in [5.41, 5.74) is 2.19. The molecule has 1 aromatic heterocycles. The zero-order chi connectivity index (χ0) is 26.9. The van der Waals surface area contributed by atoms with Gasteiger partial charge in [0.25, 0.3) is 0 Å². The van der Waals surface area contributed by atoms with Gasteiger partial charge in [-0.25, -0.2) is 0 Å². The number of benzene rings is 1. The number of nitrogens with zero attached hydrogens (tertiary/aromatic N) is 2. The Labute approximate surface area is 224 Å². The fourth-order valence-electron chi connectivity index (χ4n) is 6.03. The zero-order valence-electron chi connectivity index (χ0n) is 21.3. The second-order valence-corrected chi connectivity index (χ2v) is 11.8. The summed E-state index contributed by atoms with van der Waals surface area (Å²) in [5.74, 6) is -0.773. The summed E-state index contributed by atoms with van der Waals surface area (Å²) in [6.45, 7) is 1.89. The molecule has 206 valence electrons. The number of rotatable bonds is 7. The van der Waals surface area contributed by atoms with Gasteiger partial charge in [-0.1, -0.05) is 19.3 Å². The van der Waals surface area contributed by atoms with Crippen LogP contribution in [0.5, 0.6) is 5.75 Å². The van der Waals surface area contributed by atoms with Crippen LogP contribution in [0.1, 0.15) is 71.7 Å². The fourth-order valence-corrected chi connectivity index (χ4v) is 7.05. The minimum Gasteiger partial charge on any atom is -0.488 e. The quantitative estimate of drug-likeness (QED) is 0.453. The van der Waals surface area contributed by atoms with Crippen molar-refractivity contribution >= 4 is 28.9 Å². The number of anilines is 1. The predicted molar refractivity (Wildman–Crippen MR) is 139 cm³/mol. The average Bonchev–Trinajstić information content (AvgIpc) is 3.53. The van der Waals surface area contributed by atoms with E-state index in [1.54, 1.807) is 17.0 Å². The minimum absolute atomic E-state index is 0.0335. The maximum absolute atomic E-state index is 13.7. The van der Waals surface area contributed by atoms with Crippen molar-refractivity contribution in [2.45, 2.75) is 70.1 Å². The SMILES string of the molecule is O=C(O)[C@@H]1CCCN(CC(=O)N2CCc3cc(OCc4cc(C5CCCCC5)c(C(F)(F)F)s4)ccc32)C1. The molecule has 2 aliphatic heterocycles. The van der Waals surface area contributed by atoms with Crippen LogP contribution in [0.2, 0.25) is 0 Å². The van der Waals surface area contributed by atoms with E-state index in [2.05, 4.69) is 0 Å². The van der Waals surface area contributed by atoms with E-state index in [0.29, 0.717) is 48.7 Å². The van der Waals surface area contributed by atoms with Gasteiger partial charge in [-0.05, 0) is 80.0 Å². The van der Waals surface area contributed by atoms with Crippen LogP contribution in [0.3, 0.4) is 0 Å².